The van der Waals surface area contributed by atoms with Gasteiger partial charge in [0, 0.05) is 7.11 Å². The maximum atomic E-state index is 5.84. The zero-order valence-electron chi connectivity index (χ0n) is 13.1. The Bertz CT molecular complexity index is 404. The molecule has 1 unspecified atom stereocenters. The summed E-state index contributed by atoms with van der Waals surface area (Å²) in [5.41, 5.74) is 1.25. The van der Waals surface area contributed by atoms with E-state index in [4.69, 9.17) is 9.47 Å². The molecule has 1 aromatic rings. The van der Waals surface area contributed by atoms with Crippen molar-refractivity contribution in [1.82, 2.24) is 5.32 Å². The van der Waals surface area contributed by atoms with Crippen molar-refractivity contribution in [3.8, 4) is 5.75 Å². The van der Waals surface area contributed by atoms with E-state index in [1.54, 1.807) is 0 Å². The molecule has 3 nitrogen and oxygen atoms in total. The third kappa shape index (κ3) is 3.15. The topological polar surface area (TPSA) is 30.5 Å². The molecular weight excluding hydrogens is 250 g/mol. The third-order valence-corrected chi connectivity index (χ3v) is 4.13. The SMILES string of the molecule is CCNC(c1ccc(OC(C)C)cc1)C1(OC)CCC1. The molecule has 1 atom stereocenters. The Labute approximate surface area is 122 Å². The van der Waals surface area contributed by atoms with Crippen LogP contribution in [0.2, 0.25) is 0 Å². The van der Waals surface area contributed by atoms with Gasteiger partial charge in [-0.3, -0.25) is 0 Å². The Morgan fingerprint density at radius 3 is 2.25 bits per heavy atom. The summed E-state index contributed by atoms with van der Waals surface area (Å²) >= 11 is 0. The van der Waals surface area contributed by atoms with Crippen LogP contribution in [-0.2, 0) is 4.74 Å². The second-order valence-electron chi connectivity index (χ2n) is 5.85. The molecule has 0 aliphatic heterocycles. The molecule has 0 heterocycles. The first kappa shape index (κ1) is 15.3. The summed E-state index contributed by atoms with van der Waals surface area (Å²) in [6.45, 7) is 7.18. The Balaban J connectivity index is 2.17. The van der Waals surface area contributed by atoms with Crippen LogP contribution in [-0.4, -0.2) is 25.4 Å². The molecule has 0 aromatic heterocycles. The fraction of sp³-hybridized carbons (Fsp3) is 0.647. The Morgan fingerprint density at radius 2 is 1.85 bits per heavy atom. The summed E-state index contributed by atoms with van der Waals surface area (Å²) in [6, 6.07) is 8.69. The Kier molecular flexibility index (Phi) is 5.06. The molecule has 0 saturated heterocycles. The van der Waals surface area contributed by atoms with Gasteiger partial charge in [-0.1, -0.05) is 19.1 Å². The molecule has 0 amide bonds. The minimum Gasteiger partial charge on any atom is -0.491 e. The summed E-state index contributed by atoms with van der Waals surface area (Å²) in [7, 11) is 1.83. The van der Waals surface area contributed by atoms with Crippen LogP contribution >= 0.6 is 0 Å². The third-order valence-electron chi connectivity index (χ3n) is 4.13. The molecule has 1 N–H and O–H groups in total. The number of benzene rings is 1. The minimum absolute atomic E-state index is 0.0313. The van der Waals surface area contributed by atoms with E-state index in [0.717, 1.165) is 25.1 Å². The summed E-state index contributed by atoms with van der Waals surface area (Å²) in [5.74, 6) is 0.930. The highest BCUT2D eigenvalue weighted by atomic mass is 16.5. The van der Waals surface area contributed by atoms with E-state index in [1.165, 1.54) is 12.0 Å². The fourth-order valence-electron chi connectivity index (χ4n) is 2.96. The molecule has 0 spiro atoms. The highest BCUT2D eigenvalue weighted by Crippen LogP contribution is 2.45. The Hall–Kier alpha value is -1.06. The largest absolute Gasteiger partial charge is 0.491 e. The predicted molar refractivity (Wildman–Crippen MR) is 82.2 cm³/mol. The summed E-state index contributed by atoms with van der Waals surface area (Å²) in [4.78, 5) is 0. The minimum atomic E-state index is -0.0313. The van der Waals surface area contributed by atoms with Crippen LogP contribution in [0.5, 0.6) is 5.75 Å². The molecule has 0 radical (unpaired) electrons. The first-order valence-corrected chi connectivity index (χ1v) is 7.66. The maximum absolute atomic E-state index is 5.84. The molecule has 1 fully saturated rings. The van der Waals surface area contributed by atoms with Gasteiger partial charge in [-0.2, -0.15) is 0 Å². The van der Waals surface area contributed by atoms with Gasteiger partial charge in [0.15, 0.2) is 0 Å². The van der Waals surface area contributed by atoms with Crippen molar-refractivity contribution < 1.29 is 9.47 Å². The van der Waals surface area contributed by atoms with Gasteiger partial charge in [0.05, 0.1) is 17.7 Å². The van der Waals surface area contributed by atoms with Crippen LogP contribution < -0.4 is 10.1 Å². The van der Waals surface area contributed by atoms with Gasteiger partial charge in [-0.15, -0.1) is 0 Å². The first-order chi connectivity index (χ1) is 9.61. The van der Waals surface area contributed by atoms with E-state index < -0.39 is 0 Å². The monoisotopic (exact) mass is 277 g/mol. The highest BCUT2D eigenvalue weighted by molar-refractivity contribution is 5.31. The highest BCUT2D eigenvalue weighted by Gasteiger charge is 2.44. The molecule has 3 heteroatoms. The van der Waals surface area contributed by atoms with Crippen LogP contribution in [0.3, 0.4) is 0 Å². The Morgan fingerprint density at radius 1 is 1.20 bits per heavy atom. The second-order valence-corrected chi connectivity index (χ2v) is 5.85. The van der Waals surface area contributed by atoms with Gasteiger partial charge in [0.25, 0.3) is 0 Å². The molecule has 1 aliphatic carbocycles. The van der Waals surface area contributed by atoms with E-state index in [1.807, 2.05) is 21.0 Å². The van der Waals surface area contributed by atoms with Crippen molar-refractivity contribution in [2.45, 2.75) is 57.8 Å². The molecule has 1 aliphatic rings. The number of hydrogen-bond acceptors (Lipinski definition) is 3. The van der Waals surface area contributed by atoms with Crippen molar-refractivity contribution in [2.24, 2.45) is 0 Å². The number of nitrogens with one attached hydrogen (secondary N) is 1. The normalized spacial score (nSPS) is 18.6. The number of ether oxygens (including phenoxy) is 2. The smallest absolute Gasteiger partial charge is 0.119 e. The van der Waals surface area contributed by atoms with E-state index in [0.29, 0.717) is 0 Å². The standard InChI is InChI=1S/C17H27NO2/c1-5-18-16(17(19-4)11-6-12-17)14-7-9-15(10-8-14)20-13(2)3/h7-10,13,16,18H,5-6,11-12H2,1-4H3. The van der Waals surface area contributed by atoms with Gasteiger partial charge in [-0.05, 0) is 57.4 Å². The quantitative estimate of drug-likeness (QED) is 0.824. The van der Waals surface area contributed by atoms with Gasteiger partial charge in [0.1, 0.15) is 5.75 Å². The molecule has 112 valence electrons. The van der Waals surface area contributed by atoms with Crippen molar-refractivity contribution >= 4 is 0 Å². The van der Waals surface area contributed by atoms with Crippen LogP contribution in [0.1, 0.15) is 51.6 Å². The molecule has 2 rings (SSSR count). The number of hydrogen-bond donors (Lipinski definition) is 1. The van der Waals surface area contributed by atoms with Crippen molar-refractivity contribution in [1.29, 1.82) is 0 Å². The van der Waals surface area contributed by atoms with Crippen molar-refractivity contribution in [2.75, 3.05) is 13.7 Å². The van der Waals surface area contributed by atoms with Crippen LogP contribution in [0.15, 0.2) is 24.3 Å². The molecule has 1 saturated carbocycles. The van der Waals surface area contributed by atoms with Crippen LogP contribution in [0.25, 0.3) is 0 Å². The molecular formula is C17H27NO2. The number of likely N-dealkylation sites (N-methyl/N-ethyl adjacent to an activating group) is 1. The van der Waals surface area contributed by atoms with Crippen molar-refractivity contribution in [3.05, 3.63) is 29.8 Å². The second kappa shape index (κ2) is 6.59. The zero-order chi connectivity index (χ0) is 14.6. The number of rotatable bonds is 7. The van der Waals surface area contributed by atoms with E-state index in [-0.39, 0.29) is 17.7 Å². The van der Waals surface area contributed by atoms with E-state index in [9.17, 15) is 0 Å². The first-order valence-electron chi connectivity index (χ1n) is 7.66. The average molecular weight is 277 g/mol. The lowest BCUT2D eigenvalue weighted by Crippen LogP contribution is -2.50. The predicted octanol–water partition coefficient (Wildman–Crippen LogP) is 3.69. The number of methoxy groups -OCH3 is 1. The van der Waals surface area contributed by atoms with Gasteiger partial charge in [0.2, 0.25) is 0 Å². The van der Waals surface area contributed by atoms with E-state index in [2.05, 4.69) is 36.5 Å². The lowest BCUT2D eigenvalue weighted by atomic mass is 9.72. The van der Waals surface area contributed by atoms with Gasteiger partial charge >= 0.3 is 0 Å². The molecule has 20 heavy (non-hydrogen) atoms. The summed E-state index contributed by atoms with van der Waals surface area (Å²) in [5, 5.41) is 3.59. The van der Waals surface area contributed by atoms with Crippen molar-refractivity contribution in [3.63, 3.8) is 0 Å². The molecule has 0 bridgehead atoms. The fourth-order valence-corrected chi connectivity index (χ4v) is 2.96. The maximum Gasteiger partial charge on any atom is 0.119 e. The van der Waals surface area contributed by atoms with Crippen LogP contribution in [0.4, 0.5) is 0 Å². The lowest BCUT2D eigenvalue weighted by molar-refractivity contribution is -0.0995. The lowest BCUT2D eigenvalue weighted by Gasteiger charge is -2.47. The average Bonchev–Trinajstić information content (AvgIpc) is 2.37. The van der Waals surface area contributed by atoms with E-state index >= 15 is 0 Å². The van der Waals surface area contributed by atoms with Gasteiger partial charge < -0.3 is 14.8 Å². The zero-order valence-corrected chi connectivity index (χ0v) is 13.1. The van der Waals surface area contributed by atoms with Crippen LogP contribution in [0, 0.1) is 0 Å². The summed E-state index contributed by atoms with van der Waals surface area (Å²) < 4.78 is 11.6. The van der Waals surface area contributed by atoms with Gasteiger partial charge in [-0.25, -0.2) is 0 Å². The molecule has 1 aromatic carbocycles. The summed E-state index contributed by atoms with van der Waals surface area (Å²) in [6.07, 6.45) is 3.73.